The first-order chi connectivity index (χ1) is 8.67. The zero-order chi connectivity index (χ0) is 13.4. The Bertz CT molecular complexity index is 396. The SMILES string of the molecule is CCNCc1cc(F)ccc1OCC(=O)OCC. The van der Waals surface area contributed by atoms with E-state index in [1.165, 1.54) is 18.2 Å². The molecule has 1 N–H and O–H groups in total. The van der Waals surface area contributed by atoms with Crippen molar-refractivity contribution in [2.75, 3.05) is 19.8 Å². The van der Waals surface area contributed by atoms with Crippen molar-refractivity contribution in [1.82, 2.24) is 5.32 Å². The lowest BCUT2D eigenvalue weighted by Crippen LogP contribution is -2.17. The lowest BCUT2D eigenvalue weighted by molar-refractivity contribution is -0.145. The van der Waals surface area contributed by atoms with Crippen LogP contribution in [0.25, 0.3) is 0 Å². The van der Waals surface area contributed by atoms with E-state index in [1.54, 1.807) is 6.92 Å². The Morgan fingerprint density at radius 1 is 1.39 bits per heavy atom. The summed E-state index contributed by atoms with van der Waals surface area (Å²) in [6.45, 7) is 5.10. The van der Waals surface area contributed by atoms with Gasteiger partial charge in [-0.25, -0.2) is 9.18 Å². The number of nitrogens with one attached hydrogen (secondary N) is 1. The number of rotatable bonds is 7. The van der Waals surface area contributed by atoms with E-state index in [9.17, 15) is 9.18 Å². The normalized spacial score (nSPS) is 10.2. The van der Waals surface area contributed by atoms with Crippen molar-refractivity contribution < 1.29 is 18.7 Å². The Kier molecular flexibility index (Phi) is 6.14. The van der Waals surface area contributed by atoms with Crippen molar-refractivity contribution in [3.63, 3.8) is 0 Å². The van der Waals surface area contributed by atoms with Gasteiger partial charge in [0.2, 0.25) is 0 Å². The molecule has 0 radical (unpaired) electrons. The van der Waals surface area contributed by atoms with Crippen molar-refractivity contribution in [1.29, 1.82) is 0 Å². The predicted molar refractivity (Wildman–Crippen MR) is 65.9 cm³/mol. The zero-order valence-corrected chi connectivity index (χ0v) is 10.7. The van der Waals surface area contributed by atoms with Crippen LogP contribution in [0.4, 0.5) is 4.39 Å². The highest BCUT2D eigenvalue weighted by molar-refractivity contribution is 5.71. The number of carbonyl (C=O) groups is 1. The molecular weight excluding hydrogens is 237 g/mol. The Labute approximate surface area is 106 Å². The second-order valence-corrected chi connectivity index (χ2v) is 3.63. The molecule has 100 valence electrons. The number of ether oxygens (including phenoxy) is 2. The van der Waals surface area contributed by atoms with Gasteiger partial charge in [0, 0.05) is 12.1 Å². The van der Waals surface area contributed by atoms with Crippen molar-refractivity contribution in [2.45, 2.75) is 20.4 Å². The molecule has 0 spiro atoms. The van der Waals surface area contributed by atoms with Crippen LogP contribution < -0.4 is 10.1 Å². The third kappa shape index (κ3) is 4.71. The van der Waals surface area contributed by atoms with Crippen LogP contribution >= 0.6 is 0 Å². The quantitative estimate of drug-likeness (QED) is 0.756. The van der Waals surface area contributed by atoms with Gasteiger partial charge in [0.05, 0.1) is 6.61 Å². The third-order valence-electron chi connectivity index (χ3n) is 2.24. The molecule has 0 unspecified atom stereocenters. The van der Waals surface area contributed by atoms with E-state index in [0.717, 1.165) is 6.54 Å². The van der Waals surface area contributed by atoms with Gasteiger partial charge in [0.1, 0.15) is 11.6 Å². The summed E-state index contributed by atoms with van der Waals surface area (Å²) < 4.78 is 23.2. The highest BCUT2D eigenvalue weighted by Gasteiger charge is 2.08. The van der Waals surface area contributed by atoms with Gasteiger partial charge < -0.3 is 14.8 Å². The minimum absolute atomic E-state index is 0.168. The Hall–Kier alpha value is -1.62. The molecule has 0 amide bonds. The summed E-state index contributed by atoms with van der Waals surface area (Å²) in [5, 5.41) is 3.08. The Morgan fingerprint density at radius 2 is 2.17 bits per heavy atom. The van der Waals surface area contributed by atoms with Crippen LogP contribution in [-0.4, -0.2) is 25.7 Å². The van der Waals surface area contributed by atoms with E-state index in [1.807, 2.05) is 6.92 Å². The molecule has 0 saturated carbocycles. The van der Waals surface area contributed by atoms with Crippen molar-refractivity contribution >= 4 is 5.97 Å². The fraction of sp³-hybridized carbons (Fsp3) is 0.462. The minimum Gasteiger partial charge on any atom is -0.482 e. The maximum atomic E-state index is 13.1. The number of carbonyl (C=O) groups excluding carboxylic acids is 1. The molecule has 0 aliphatic heterocycles. The molecular formula is C13H18FNO3. The van der Waals surface area contributed by atoms with E-state index >= 15 is 0 Å². The van der Waals surface area contributed by atoms with Crippen molar-refractivity contribution in [3.05, 3.63) is 29.6 Å². The molecule has 0 aliphatic carbocycles. The molecule has 1 aromatic carbocycles. The van der Waals surface area contributed by atoms with E-state index in [2.05, 4.69) is 5.32 Å². The van der Waals surface area contributed by atoms with Gasteiger partial charge in [0.15, 0.2) is 6.61 Å². The van der Waals surface area contributed by atoms with Gasteiger partial charge >= 0.3 is 5.97 Å². The fourth-order valence-corrected chi connectivity index (χ4v) is 1.43. The Morgan fingerprint density at radius 3 is 2.83 bits per heavy atom. The molecule has 0 aliphatic rings. The van der Waals surface area contributed by atoms with Crippen LogP contribution in [0.5, 0.6) is 5.75 Å². The van der Waals surface area contributed by atoms with Crippen LogP contribution in [0.2, 0.25) is 0 Å². The summed E-state index contributed by atoms with van der Waals surface area (Å²) in [7, 11) is 0. The third-order valence-corrected chi connectivity index (χ3v) is 2.24. The fourth-order valence-electron chi connectivity index (χ4n) is 1.43. The predicted octanol–water partition coefficient (Wildman–Crippen LogP) is 1.88. The second-order valence-electron chi connectivity index (χ2n) is 3.63. The molecule has 0 atom stereocenters. The summed E-state index contributed by atoms with van der Waals surface area (Å²) in [5.74, 6) is -0.270. The van der Waals surface area contributed by atoms with Crippen molar-refractivity contribution in [2.24, 2.45) is 0 Å². The monoisotopic (exact) mass is 255 g/mol. The highest BCUT2D eigenvalue weighted by atomic mass is 19.1. The van der Waals surface area contributed by atoms with E-state index in [-0.39, 0.29) is 12.4 Å². The number of hydrogen-bond acceptors (Lipinski definition) is 4. The molecule has 5 heteroatoms. The topological polar surface area (TPSA) is 47.6 Å². The van der Waals surface area contributed by atoms with Crippen LogP contribution in [0.1, 0.15) is 19.4 Å². The maximum absolute atomic E-state index is 13.1. The summed E-state index contributed by atoms with van der Waals surface area (Å²) >= 11 is 0. The smallest absolute Gasteiger partial charge is 0.344 e. The first kappa shape index (κ1) is 14.4. The number of halogens is 1. The number of hydrogen-bond donors (Lipinski definition) is 1. The minimum atomic E-state index is -0.434. The van der Waals surface area contributed by atoms with Gasteiger partial charge in [0.25, 0.3) is 0 Å². The average Bonchev–Trinajstić information content (AvgIpc) is 2.35. The van der Waals surface area contributed by atoms with E-state index in [0.29, 0.717) is 24.5 Å². The molecule has 1 aromatic rings. The maximum Gasteiger partial charge on any atom is 0.344 e. The van der Waals surface area contributed by atoms with Gasteiger partial charge in [-0.1, -0.05) is 6.92 Å². The van der Waals surface area contributed by atoms with Crippen molar-refractivity contribution in [3.8, 4) is 5.75 Å². The van der Waals surface area contributed by atoms with Gasteiger partial charge in [-0.05, 0) is 31.7 Å². The van der Waals surface area contributed by atoms with Gasteiger partial charge in [-0.3, -0.25) is 0 Å². The molecule has 18 heavy (non-hydrogen) atoms. The summed E-state index contributed by atoms with van der Waals surface area (Å²) in [5.41, 5.74) is 0.682. The van der Waals surface area contributed by atoms with Gasteiger partial charge in [-0.2, -0.15) is 0 Å². The molecule has 0 heterocycles. The molecule has 1 rings (SSSR count). The van der Waals surface area contributed by atoms with Crippen LogP contribution in [0, 0.1) is 5.82 Å². The van der Waals surface area contributed by atoms with Crippen LogP contribution in [0.3, 0.4) is 0 Å². The average molecular weight is 255 g/mol. The summed E-state index contributed by atoms with van der Waals surface area (Å²) in [6.07, 6.45) is 0. The first-order valence-electron chi connectivity index (χ1n) is 5.95. The van der Waals surface area contributed by atoms with E-state index < -0.39 is 5.97 Å². The zero-order valence-electron chi connectivity index (χ0n) is 10.7. The largest absolute Gasteiger partial charge is 0.482 e. The van der Waals surface area contributed by atoms with Gasteiger partial charge in [-0.15, -0.1) is 0 Å². The molecule has 0 bridgehead atoms. The Balaban J connectivity index is 2.65. The van der Waals surface area contributed by atoms with Crippen LogP contribution in [0.15, 0.2) is 18.2 Å². The molecule has 0 fully saturated rings. The first-order valence-corrected chi connectivity index (χ1v) is 5.95. The summed E-state index contributed by atoms with van der Waals surface area (Å²) in [6, 6.07) is 4.21. The van der Waals surface area contributed by atoms with E-state index in [4.69, 9.17) is 9.47 Å². The molecule has 4 nitrogen and oxygen atoms in total. The number of esters is 1. The lowest BCUT2D eigenvalue weighted by atomic mass is 10.2. The highest BCUT2D eigenvalue weighted by Crippen LogP contribution is 2.19. The second kappa shape index (κ2) is 7.66. The molecule has 0 saturated heterocycles. The summed E-state index contributed by atoms with van der Waals surface area (Å²) in [4.78, 5) is 11.2. The molecule has 0 aromatic heterocycles. The lowest BCUT2D eigenvalue weighted by Gasteiger charge is -2.11. The van der Waals surface area contributed by atoms with Crippen LogP contribution in [-0.2, 0) is 16.1 Å². The standard InChI is InChI=1S/C13H18FNO3/c1-3-15-8-10-7-11(14)5-6-12(10)18-9-13(16)17-4-2/h5-7,15H,3-4,8-9H2,1-2H3. The number of benzene rings is 1.